The molecule has 20 heavy (non-hydrogen) atoms. The quantitative estimate of drug-likeness (QED) is 0.339. The number of carbonyl (C=O) groups is 4. The Morgan fingerprint density at radius 3 is 2.25 bits per heavy atom. The van der Waals surface area contributed by atoms with Crippen LogP contribution >= 0.6 is 0 Å². The van der Waals surface area contributed by atoms with E-state index < -0.39 is 23.8 Å². The SMILES string of the molecule is CC(C(=O)O)=C(C)C(=O)NC(=O)NCCOCC(N)=O. The summed E-state index contributed by atoms with van der Waals surface area (Å²) in [4.78, 5) is 43.8. The van der Waals surface area contributed by atoms with Crippen LogP contribution in [0, 0.1) is 0 Å². The largest absolute Gasteiger partial charge is 0.478 e. The molecule has 0 saturated heterocycles. The number of urea groups is 1. The third-order valence-corrected chi connectivity index (χ3v) is 2.23. The van der Waals surface area contributed by atoms with Crippen LogP contribution in [0.1, 0.15) is 13.8 Å². The second-order valence-corrected chi connectivity index (χ2v) is 3.78. The minimum atomic E-state index is -1.24. The van der Waals surface area contributed by atoms with Crippen molar-refractivity contribution in [2.24, 2.45) is 5.73 Å². The minimum absolute atomic E-state index is 0.0491. The van der Waals surface area contributed by atoms with Gasteiger partial charge in [0.15, 0.2) is 0 Å². The number of aliphatic carboxylic acids is 1. The van der Waals surface area contributed by atoms with Crippen LogP contribution in [-0.4, -0.2) is 48.7 Å². The molecule has 0 saturated carbocycles. The smallest absolute Gasteiger partial charge is 0.331 e. The van der Waals surface area contributed by atoms with E-state index >= 15 is 0 Å². The Labute approximate surface area is 115 Å². The van der Waals surface area contributed by atoms with Crippen LogP contribution in [0.25, 0.3) is 0 Å². The molecule has 0 bridgehead atoms. The van der Waals surface area contributed by atoms with Gasteiger partial charge < -0.3 is 20.9 Å². The average molecular weight is 287 g/mol. The first-order valence-electron chi connectivity index (χ1n) is 5.61. The van der Waals surface area contributed by atoms with Crippen molar-refractivity contribution in [3.8, 4) is 0 Å². The molecule has 0 atom stereocenters. The Morgan fingerprint density at radius 1 is 1.15 bits per heavy atom. The minimum Gasteiger partial charge on any atom is -0.478 e. The van der Waals surface area contributed by atoms with Gasteiger partial charge in [-0.15, -0.1) is 0 Å². The van der Waals surface area contributed by atoms with Crippen LogP contribution in [0.15, 0.2) is 11.1 Å². The molecule has 0 aliphatic heterocycles. The lowest BCUT2D eigenvalue weighted by Gasteiger charge is -2.08. The Kier molecular flexibility index (Phi) is 7.60. The summed E-state index contributed by atoms with van der Waals surface area (Å²) in [6.45, 7) is 2.40. The number of primary amides is 1. The topological polar surface area (TPSA) is 148 Å². The molecule has 9 nitrogen and oxygen atoms in total. The van der Waals surface area contributed by atoms with Crippen LogP contribution in [0.2, 0.25) is 0 Å². The predicted molar refractivity (Wildman–Crippen MR) is 67.6 cm³/mol. The molecule has 0 heterocycles. The summed E-state index contributed by atoms with van der Waals surface area (Å²) in [7, 11) is 0. The number of carbonyl (C=O) groups excluding carboxylic acids is 3. The lowest BCUT2D eigenvalue weighted by Crippen LogP contribution is -2.41. The summed E-state index contributed by atoms with van der Waals surface area (Å²) < 4.78 is 4.78. The van der Waals surface area contributed by atoms with Gasteiger partial charge >= 0.3 is 12.0 Å². The first-order valence-corrected chi connectivity index (χ1v) is 5.61. The maximum atomic E-state index is 11.5. The van der Waals surface area contributed by atoms with E-state index in [9.17, 15) is 19.2 Å². The molecule has 0 aromatic heterocycles. The second kappa shape index (κ2) is 8.64. The normalized spacial score (nSPS) is 11.3. The molecule has 0 spiro atoms. The van der Waals surface area contributed by atoms with E-state index in [-0.39, 0.29) is 30.9 Å². The van der Waals surface area contributed by atoms with Crippen LogP contribution in [0.4, 0.5) is 4.79 Å². The van der Waals surface area contributed by atoms with Crippen LogP contribution in [-0.2, 0) is 19.1 Å². The number of nitrogens with two attached hydrogens (primary N) is 1. The fraction of sp³-hybridized carbons (Fsp3) is 0.455. The van der Waals surface area contributed by atoms with Crippen molar-refractivity contribution in [3.05, 3.63) is 11.1 Å². The summed E-state index contributed by atoms with van der Waals surface area (Å²) in [5.74, 6) is -2.67. The molecule has 0 rings (SSSR count). The zero-order chi connectivity index (χ0) is 15.7. The second-order valence-electron chi connectivity index (χ2n) is 3.78. The number of carboxylic acid groups (broad SMARTS) is 1. The van der Waals surface area contributed by atoms with Crippen molar-refractivity contribution in [2.75, 3.05) is 19.8 Å². The number of ether oxygens (including phenoxy) is 1. The van der Waals surface area contributed by atoms with E-state index in [1.54, 1.807) is 0 Å². The third kappa shape index (κ3) is 7.11. The molecule has 0 aliphatic carbocycles. The number of hydrogen-bond donors (Lipinski definition) is 4. The molecule has 9 heteroatoms. The molecule has 0 radical (unpaired) electrons. The van der Waals surface area contributed by atoms with Crippen molar-refractivity contribution < 1.29 is 29.0 Å². The van der Waals surface area contributed by atoms with Gasteiger partial charge in [-0.1, -0.05) is 0 Å². The maximum absolute atomic E-state index is 11.5. The van der Waals surface area contributed by atoms with Gasteiger partial charge in [0.2, 0.25) is 5.91 Å². The molecule has 0 aliphatic rings. The third-order valence-electron chi connectivity index (χ3n) is 2.23. The molecular weight excluding hydrogens is 270 g/mol. The highest BCUT2D eigenvalue weighted by Crippen LogP contribution is 2.02. The molecule has 112 valence electrons. The highest BCUT2D eigenvalue weighted by molar-refractivity contribution is 6.07. The Balaban J connectivity index is 4.09. The summed E-state index contributed by atoms with van der Waals surface area (Å²) in [6.07, 6.45) is 0. The fourth-order valence-electron chi connectivity index (χ4n) is 0.981. The maximum Gasteiger partial charge on any atom is 0.331 e. The van der Waals surface area contributed by atoms with E-state index in [0.29, 0.717) is 0 Å². The van der Waals surface area contributed by atoms with Gasteiger partial charge in [-0.25, -0.2) is 9.59 Å². The van der Waals surface area contributed by atoms with E-state index in [1.165, 1.54) is 13.8 Å². The highest BCUT2D eigenvalue weighted by Gasteiger charge is 2.14. The van der Waals surface area contributed by atoms with Crippen LogP contribution in [0.3, 0.4) is 0 Å². The average Bonchev–Trinajstić information content (AvgIpc) is 2.35. The zero-order valence-electron chi connectivity index (χ0n) is 11.2. The highest BCUT2D eigenvalue weighted by atomic mass is 16.5. The number of rotatable bonds is 7. The summed E-state index contributed by atoms with van der Waals surface area (Å²) >= 11 is 0. The van der Waals surface area contributed by atoms with Gasteiger partial charge in [0.1, 0.15) is 6.61 Å². The van der Waals surface area contributed by atoms with Gasteiger partial charge in [0, 0.05) is 17.7 Å². The van der Waals surface area contributed by atoms with Crippen molar-refractivity contribution >= 4 is 23.8 Å². The fourth-order valence-corrected chi connectivity index (χ4v) is 0.981. The number of amides is 4. The summed E-state index contributed by atoms with van der Waals surface area (Å²) in [6, 6.07) is -0.796. The van der Waals surface area contributed by atoms with Crippen molar-refractivity contribution in [1.82, 2.24) is 10.6 Å². The predicted octanol–water partition coefficient (Wildman–Crippen LogP) is -1.26. The first-order chi connectivity index (χ1) is 9.25. The van der Waals surface area contributed by atoms with E-state index in [2.05, 4.69) is 5.32 Å². The van der Waals surface area contributed by atoms with E-state index in [4.69, 9.17) is 15.6 Å². The first kappa shape index (κ1) is 17.6. The van der Waals surface area contributed by atoms with Crippen molar-refractivity contribution in [3.63, 3.8) is 0 Å². The Bertz CT molecular complexity index is 443. The van der Waals surface area contributed by atoms with E-state index in [1.807, 2.05) is 5.32 Å². The lowest BCUT2D eigenvalue weighted by atomic mass is 10.1. The molecule has 5 N–H and O–H groups in total. The molecular formula is C11H17N3O6. The Morgan fingerprint density at radius 2 is 1.75 bits per heavy atom. The van der Waals surface area contributed by atoms with Gasteiger partial charge in [-0.3, -0.25) is 14.9 Å². The summed E-state index contributed by atoms with van der Waals surface area (Å²) in [5.41, 5.74) is 4.60. The standard InChI is InChI=1S/C11H17N3O6/c1-6(7(2)10(17)18)9(16)14-11(19)13-3-4-20-5-8(12)15/h3-5H2,1-2H3,(H2,12,15)(H,17,18)(H2,13,14,16,19). The number of imide groups is 1. The van der Waals surface area contributed by atoms with Crippen LogP contribution in [0.5, 0.6) is 0 Å². The Hall–Kier alpha value is -2.42. The van der Waals surface area contributed by atoms with Gasteiger partial charge in [0.05, 0.1) is 6.61 Å². The molecule has 0 aromatic carbocycles. The van der Waals surface area contributed by atoms with Crippen LogP contribution < -0.4 is 16.4 Å². The molecule has 4 amide bonds. The van der Waals surface area contributed by atoms with Crippen molar-refractivity contribution in [1.29, 1.82) is 0 Å². The monoisotopic (exact) mass is 287 g/mol. The van der Waals surface area contributed by atoms with E-state index in [0.717, 1.165) is 0 Å². The van der Waals surface area contributed by atoms with Crippen molar-refractivity contribution in [2.45, 2.75) is 13.8 Å². The molecule has 0 unspecified atom stereocenters. The van der Waals surface area contributed by atoms with Gasteiger partial charge in [0.25, 0.3) is 5.91 Å². The van der Waals surface area contributed by atoms with Gasteiger partial charge in [-0.2, -0.15) is 0 Å². The van der Waals surface area contributed by atoms with Gasteiger partial charge in [-0.05, 0) is 13.8 Å². The summed E-state index contributed by atoms with van der Waals surface area (Å²) in [5, 5.41) is 12.9. The molecule has 0 aromatic rings. The number of nitrogens with one attached hydrogen (secondary N) is 2. The zero-order valence-corrected chi connectivity index (χ0v) is 11.2. The molecule has 0 fully saturated rings. The number of hydrogen-bond acceptors (Lipinski definition) is 5. The number of carboxylic acids is 1. The lowest BCUT2D eigenvalue weighted by molar-refractivity contribution is -0.133.